The van der Waals surface area contributed by atoms with Gasteiger partial charge in [-0.1, -0.05) is 262 Å². The fourth-order valence-corrected chi connectivity index (χ4v) is 10.2. The topological polar surface area (TPSA) is 189 Å². The number of hydrogen-bond acceptors (Lipinski definition) is 10. The molecule has 0 aromatic rings. The Morgan fingerprint density at radius 3 is 1.23 bits per heavy atom. The number of amides is 1. The first-order chi connectivity index (χ1) is 36.7. The van der Waals surface area contributed by atoms with Crippen LogP contribution in [0.4, 0.5) is 0 Å². The van der Waals surface area contributed by atoms with Crippen LogP contribution in [0.15, 0.2) is 36.5 Å². The normalized spacial score (nSPS) is 19.9. The molecule has 0 aromatic heterocycles. The Kier molecular flexibility index (Phi) is 50.4. The number of nitrogens with one attached hydrogen (secondary N) is 1. The number of carbonyl (C=O) groups excluding carboxylic acids is 1. The number of ether oxygens (including phenoxy) is 2. The van der Waals surface area contributed by atoms with Gasteiger partial charge in [-0.25, -0.2) is 0 Å². The molecule has 1 heterocycles. The van der Waals surface area contributed by atoms with Gasteiger partial charge in [-0.05, 0) is 70.6 Å². The van der Waals surface area contributed by atoms with Gasteiger partial charge in [0.1, 0.15) is 36.6 Å². The van der Waals surface area contributed by atoms with Gasteiger partial charge in [0.15, 0.2) is 6.29 Å². The Morgan fingerprint density at radius 2 is 0.827 bits per heavy atom. The van der Waals surface area contributed by atoms with E-state index in [0.717, 1.165) is 44.9 Å². The Bertz CT molecular complexity index is 1310. The molecular formula is C64H121NO10. The van der Waals surface area contributed by atoms with Crippen molar-refractivity contribution in [3.63, 3.8) is 0 Å². The van der Waals surface area contributed by atoms with Gasteiger partial charge in [0, 0.05) is 0 Å². The van der Waals surface area contributed by atoms with E-state index in [9.17, 15) is 40.5 Å². The molecule has 0 spiro atoms. The first-order valence-electron chi connectivity index (χ1n) is 31.9. The third kappa shape index (κ3) is 41.1. The van der Waals surface area contributed by atoms with E-state index in [1.54, 1.807) is 0 Å². The summed E-state index contributed by atoms with van der Waals surface area (Å²) in [4.78, 5) is 13.2. The van der Waals surface area contributed by atoms with E-state index in [-0.39, 0.29) is 12.8 Å². The Balaban J connectivity index is 2.21. The van der Waals surface area contributed by atoms with E-state index >= 15 is 0 Å². The van der Waals surface area contributed by atoms with Gasteiger partial charge in [-0.2, -0.15) is 0 Å². The minimum absolute atomic E-state index is 0.255. The number of allylic oxidation sites excluding steroid dienone is 6. The molecule has 1 aliphatic rings. The van der Waals surface area contributed by atoms with Crippen molar-refractivity contribution >= 4 is 5.91 Å². The van der Waals surface area contributed by atoms with Crippen molar-refractivity contribution in [3.05, 3.63) is 36.5 Å². The molecule has 1 fully saturated rings. The van der Waals surface area contributed by atoms with Crippen molar-refractivity contribution in [3.8, 4) is 0 Å². The van der Waals surface area contributed by atoms with E-state index in [1.807, 2.05) is 0 Å². The highest BCUT2D eigenvalue weighted by Crippen LogP contribution is 2.23. The van der Waals surface area contributed by atoms with Crippen LogP contribution in [0.5, 0.6) is 0 Å². The summed E-state index contributed by atoms with van der Waals surface area (Å²) < 4.78 is 11.1. The van der Waals surface area contributed by atoms with Crippen molar-refractivity contribution in [2.24, 2.45) is 0 Å². The zero-order chi connectivity index (χ0) is 54.7. The Hall–Kier alpha value is -1.67. The molecule has 9 unspecified atom stereocenters. The number of unbranched alkanes of at least 4 members (excludes halogenated alkanes) is 37. The van der Waals surface area contributed by atoms with Gasteiger partial charge in [-0.15, -0.1) is 0 Å². The van der Waals surface area contributed by atoms with Gasteiger partial charge < -0.3 is 50.5 Å². The van der Waals surface area contributed by atoms with Gasteiger partial charge in [0.05, 0.1) is 25.4 Å². The summed E-state index contributed by atoms with van der Waals surface area (Å²) in [6.07, 6.45) is 55.1. The first kappa shape index (κ1) is 71.3. The predicted octanol–water partition coefficient (Wildman–Crippen LogP) is 14.2. The maximum Gasteiger partial charge on any atom is 0.249 e. The summed E-state index contributed by atoms with van der Waals surface area (Å²) in [5.41, 5.74) is 0. The minimum atomic E-state index is -1.67. The summed E-state index contributed by atoms with van der Waals surface area (Å²) in [5.74, 6) is -0.703. The monoisotopic (exact) mass is 1060 g/mol. The first-order valence-corrected chi connectivity index (χ1v) is 31.9. The lowest BCUT2D eigenvalue weighted by atomic mass is 9.98. The van der Waals surface area contributed by atoms with Crippen LogP contribution >= 0.6 is 0 Å². The van der Waals surface area contributed by atoms with E-state index in [2.05, 4.69) is 55.6 Å². The molecule has 1 amide bonds. The quantitative estimate of drug-likeness (QED) is 0.0215. The molecule has 442 valence electrons. The largest absolute Gasteiger partial charge is 0.394 e. The third-order valence-electron chi connectivity index (χ3n) is 15.4. The van der Waals surface area contributed by atoms with Crippen molar-refractivity contribution in [2.75, 3.05) is 13.2 Å². The van der Waals surface area contributed by atoms with Crippen LogP contribution in [-0.2, 0) is 14.3 Å². The highest BCUT2D eigenvalue weighted by Gasteiger charge is 2.44. The number of carbonyl (C=O) groups is 1. The lowest BCUT2D eigenvalue weighted by Gasteiger charge is -2.40. The zero-order valence-corrected chi connectivity index (χ0v) is 48.5. The zero-order valence-electron chi connectivity index (χ0n) is 48.5. The van der Waals surface area contributed by atoms with Crippen molar-refractivity contribution in [2.45, 2.75) is 351 Å². The molecule has 0 bridgehead atoms. The van der Waals surface area contributed by atoms with E-state index < -0.39 is 74.2 Å². The molecule has 8 N–H and O–H groups in total. The van der Waals surface area contributed by atoms with Crippen LogP contribution in [0.3, 0.4) is 0 Å². The summed E-state index contributed by atoms with van der Waals surface area (Å²) in [6.45, 7) is 3.47. The Morgan fingerprint density at radius 1 is 0.467 bits per heavy atom. The summed E-state index contributed by atoms with van der Waals surface area (Å²) in [7, 11) is 0. The highest BCUT2D eigenvalue weighted by atomic mass is 16.7. The van der Waals surface area contributed by atoms with Crippen molar-refractivity contribution < 1.29 is 50.0 Å². The van der Waals surface area contributed by atoms with Crippen molar-refractivity contribution in [1.82, 2.24) is 5.32 Å². The molecule has 11 nitrogen and oxygen atoms in total. The molecule has 0 aromatic carbocycles. The van der Waals surface area contributed by atoms with Gasteiger partial charge in [0.2, 0.25) is 5.91 Å². The highest BCUT2D eigenvalue weighted by molar-refractivity contribution is 5.80. The molecule has 0 aliphatic carbocycles. The van der Waals surface area contributed by atoms with Crippen LogP contribution in [0.2, 0.25) is 0 Å². The maximum atomic E-state index is 13.2. The molecule has 75 heavy (non-hydrogen) atoms. The Labute approximate surface area is 460 Å². The number of aliphatic hydroxyl groups excluding tert-OH is 7. The second-order valence-corrected chi connectivity index (χ2v) is 22.5. The predicted molar refractivity (Wildman–Crippen MR) is 312 cm³/mol. The van der Waals surface area contributed by atoms with Gasteiger partial charge in [-0.3, -0.25) is 4.79 Å². The summed E-state index contributed by atoms with van der Waals surface area (Å²) >= 11 is 0. The van der Waals surface area contributed by atoms with E-state index in [1.165, 1.54) is 212 Å². The molecule has 1 aliphatic heterocycles. The van der Waals surface area contributed by atoms with Gasteiger partial charge in [0.25, 0.3) is 0 Å². The fourth-order valence-electron chi connectivity index (χ4n) is 10.2. The van der Waals surface area contributed by atoms with Gasteiger partial charge >= 0.3 is 0 Å². The third-order valence-corrected chi connectivity index (χ3v) is 15.4. The fraction of sp³-hybridized carbons (Fsp3) is 0.891. The maximum absolute atomic E-state index is 13.2. The lowest BCUT2D eigenvalue weighted by molar-refractivity contribution is -0.303. The van der Waals surface area contributed by atoms with Crippen LogP contribution in [0, 0.1) is 0 Å². The molecule has 9 atom stereocenters. The standard InChI is InChI=1S/C64H121NO10/c1-3-5-7-9-11-13-15-17-19-21-22-23-24-25-26-27-28-29-30-31-32-33-34-35-36-38-40-42-44-46-48-50-52-57(68)63(73)65-55(54-74-64-62(72)61(71)60(70)58(53-66)75-64)59(69)56(67)51-49-47-45-43-41-39-37-20-18-16-14-12-10-8-6-4-2/h22-23,25-26,43,45,55-62,64,66-72H,3-21,24,27-42,44,46-54H2,1-2H3,(H,65,73)/b23-22-,26-25-,45-43+. The van der Waals surface area contributed by atoms with Crippen LogP contribution in [0.1, 0.15) is 296 Å². The van der Waals surface area contributed by atoms with E-state index in [0.29, 0.717) is 12.8 Å². The second-order valence-electron chi connectivity index (χ2n) is 22.5. The molecule has 1 rings (SSSR count). The molecule has 11 heteroatoms. The summed E-state index contributed by atoms with van der Waals surface area (Å²) in [6, 6.07) is -1.18. The molecular weight excluding hydrogens is 943 g/mol. The minimum Gasteiger partial charge on any atom is -0.394 e. The number of hydrogen-bond donors (Lipinski definition) is 8. The summed E-state index contributed by atoms with van der Waals surface area (Å²) in [5, 5.41) is 76.2. The number of rotatable bonds is 55. The average molecular weight is 1060 g/mol. The SMILES string of the molecule is CCCCCCCCCCC/C=C\C/C=C\CCCCCCCCCCCCCCCCCCC(O)C(=O)NC(COC1OC(CO)C(O)C(O)C1O)C(O)C(O)CCC/C=C/CCCCCCCCCCCCC. The molecule has 0 radical (unpaired) electrons. The van der Waals surface area contributed by atoms with Crippen LogP contribution in [0.25, 0.3) is 0 Å². The average Bonchev–Trinajstić information content (AvgIpc) is 3.41. The number of aliphatic hydroxyl groups is 7. The molecule has 0 saturated carbocycles. The second kappa shape index (κ2) is 53.0. The molecule has 1 saturated heterocycles. The smallest absolute Gasteiger partial charge is 0.249 e. The van der Waals surface area contributed by atoms with E-state index in [4.69, 9.17) is 9.47 Å². The lowest BCUT2D eigenvalue weighted by Crippen LogP contribution is -2.60. The van der Waals surface area contributed by atoms with Crippen molar-refractivity contribution in [1.29, 1.82) is 0 Å². The van der Waals surface area contributed by atoms with Crippen LogP contribution < -0.4 is 5.32 Å². The van der Waals surface area contributed by atoms with Crippen LogP contribution in [-0.4, -0.2) is 110 Å².